The molecule has 0 fully saturated rings. The molecule has 0 amide bonds. The molecule has 0 aromatic rings. The summed E-state index contributed by atoms with van der Waals surface area (Å²) in [4.78, 5) is 4.25. The van der Waals surface area contributed by atoms with Crippen LogP contribution in [-0.2, 0) is 0 Å². The molecule has 0 saturated carbocycles. The zero-order chi connectivity index (χ0) is 14.8. The summed E-state index contributed by atoms with van der Waals surface area (Å²) in [6.45, 7) is 19.2. The van der Waals surface area contributed by atoms with E-state index in [2.05, 4.69) is 18.2 Å². The zero-order valence-corrected chi connectivity index (χ0v) is 12.9. The van der Waals surface area contributed by atoms with Crippen LogP contribution in [0.3, 0.4) is 0 Å². The highest BCUT2D eigenvalue weighted by Crippen LogP contribution is 2.03. The van der Waals surface area contributed by atoms with Gasteiger partial charge in [-0.25, -0.2) is 0 Å². The summed E-state index contributed by atoms with van der Waals surface area (Å²) >= 11 is 0. The normalized spacial score (nSPS) is 11.4. The van der Waals surface area contributed by atoms with Crippen molar-refractivity contribution in [3.63, 3.8) is 0 Å². The van der Waals surface area contributed by atoms with Gasteiger partial charge in [-0.3, -0.25) is 4.99 Å². The van der Waals surface area contributed by atoms with Gasteiger partial charge in [-0.15, -0.1) is 0 Å². The van der Waals surface area contributed by atoms with Gasteiger partial charge in [0.1, 0.15) is 0 Å². The van der Waals surface area contributed by atoms with E-state index in [9.17, 15) is 0 Å². The van der Waals surface area contributed by atoms with Crippen LogP contribution in [-0.4, -0.2) is 5.71 Å². The van der Waals surface area contributed by atoms with Crippen molar-refractivity contribution < 1.29 is 0 Å². The van der Waals surface area contributed by atoms with Crippen molar-refractivity contribution in [3.8, 4) is 0 Å². The number of hydrogen-bond donors (Lipinski definition) is 0. The summed E-state index contributed by atoms with van der Waals surface area (Å²) in [5.74, 6) is 0. The van der Waals surface area contributed by atoms with E-state index in [-0.39, 0.29) is 0 Å². The van der Waals surface area contributed by atoms with Crippen LogP contribution in [0, 0.1) is 0 Å². The molecule has 0 unspecified atom stereocenters. The monoisotopic (exact) mass is 247 g/mol. The number of hydrogen-bond acceptors (Lipinski definition) is 1. The Bertz CT molecular complexity index is 302. The van der Waals surface area contributed by atoms with E-state index in [0.29, 0.717) is 0 Å². The van der Waals surface area contributed by atoms with Gasteiger partial charge in [-0.05, 0) is 25.5 Å². The molecule has 0 N–H and O–H groups in total. The minimum absolute atomic E-state index is 0.865. The molecule has 0 aromatic heterocycles. The number of aliphatic imine (C=N–C) groups is 1. The van der Waals surface area contributed by atoms with Crippen molar-refractivity contribution in [1.82, 2.24) is 0 Å². The Labute approximate surface area is 114 Å². The second kappa shape index (κ2) is 20.7. The zero-order valence-electron chi connectivity index (χ0n) is 12.9. The third-order valence-corrected chi connectivity index (χ3v) is 1.57. The maximum atomic E-state index is 4.25. The van der Waals surface area contributed by atoms with Crippen molar-refractivity contribution in [1.29, 1.82) is 0 Å². The molecule has 0 radical (unpaired) electrons. The van der Waals surface area contributed by atoms with E-state index in [1.165, 1.54) is 0 Å². The second-order valence-corrected chi connectivity index (χ2v) is 2.54. The fourth-order valence-corrected chi connectivity index (χ4v) is 0.901. The van der Waals surface area contributed by atoms with Crippen LogP contribution in [0.2, 0.25) is 0 Å². The molecule has 102 valence electrons. The fourth-order valence-electron chi connectivity index (χ4n) is 0.901. The van der Waals surface area contributed by atoms with Crippen LogP contribution in [0.25, 0.3) is 0 Å². The fraction of sp³-hybridized carbons (Fsp3) is 0.353. The molecular formula is C17H29N. The van der Waals surface area contributed by atoms with Crippen LogP contribution in [0.15, 0.2) is 66.4 Å². The maximum absolute atomic E-state index is 4.25. The smallest absolute Gasteiger partial charge is 0.0692 e. The average Bonchev–Trinajstić information content (AvgIpc) is 2.47. The molecular weight excluding hydrogens is 218 g/mol. The van der Waals surface area contributed by atoms with E-state index < -0.39 is 0 Å². The van der Waals surface area contributed by atoms with Crippen molar-refractivity contribution in [3.05, 3.63) is 61.4 Å². The summed E-state index contributed by atoms with van der Waals surface area (Å²) < 4.78 is 0. The predicted molar refractivity (Wildman–Crippen MR) is 88.2 cm³/mol. The quantitative estimate of drug-likeness (QED) is 0.424. The van der Waals surface area contributed by atoms with Gasteiger partial charge in [-0.2, -0.15) is 0 Å². The Kier molecular flexibility index (Phi) is 24.9. The van der Waals surface area contributed by atoms with E-state index in [0.717, 1.165) is 11.3 Å². The first kappa shape index (κ1) is 21.6. The predicted octanol–water partition coefficient (Wildman–Crippen LogP) is 5.89. The lowest BCUT2D eigenvalue weighted by Crippen LogP contribution is -1.94. The number of allylic oxidation sites excluding steroid dienone is 7. The Hall–Kier alpha value is -1.63. The van der Waals surface area contributed by atoms with Crippen molar-refractivity contribution in [2.75, 3.05) is 0 Å². The van der Waals surface area contributed by atoms with Gasteiger partial charge in [0.2, 0.25) is 0 Å². The minimum Gasteiger partial charge on any atom is -0.257 e. The highest BCUT2D eigenvalue weighted by atomic mass is 14.7. The molecule has 0 aliphatic carbocycles. The van der Waals surface area contributed by atoms with Gasteiger partial charge in [0.05, 0.1) is 5.71 Å². The molecule has 1 nitrogen and oxygen atoms in total. The molecule has 18 heavy (non-hydrogen) atoms. The SMILES string of the molecule is C=C\C=C/C(=C\C)C(/C=C)=N\C=C/C.CC.CC. The Morgan fingerprint density at radius 3 is 1.89 bits per heavy atom. The average molecular weight is 247 g/mol. The van der Waals surface area contributed by atoms with Crippen molar-refractivity contribution >= 4 is 5.71 Å². The second-order valence-electron chi connectivity index (χ2n) is 2.54. The molecule has 1 heteroatoms. The molecule has 0 heterocycles. The lowest BCUT2D eigenvalue weighted by molar-refractivity contribution is 1.50. The third kappa shape index (κ3) is 12.4. The van der Waals surface area contributed by atoms with Crippen molar-refractivity contribution in [2.24, 2.45) is 4.99 Å². The van der Waals surface area contributed by atoms with Crippen LogP contribution in [0.5, 0.6) is 0 Å². The summed E-state index contributed by atoms with van der Waals surface area (Å²) in [6, 6.07) is 0. The maximum Gasteiger partial charge on any atom is 0.0692 e. The van der Waals surface area contributed by atoms with Crippen LogP contribution < -0.4 is 0 Å². The molecule has 0 saturated heterocycles. The van der Waals surface area contributed by atoms with Gasteiger partial charge in [0, 0.05) is 6.20 Å². The largest absolute Gasteiger partial charge is 0.257 e. The molecule has 0 atom stereocenters. The number of nitrogens with zero attached hydrogens (tertiary/aromatic N) is 1. The van der Waals surface area contributed by atoms with Gasteiger partial charge in [-0.1, -0.05) is 71.2 Å². The molecule has 0 aromatic carbocycles. The topological polar surface area (TPSA) is 12.4 Å². The van der Waals surface area contributed by atoms with Crippen LogP contribution >= 0.6 is 0 Å². The van der Waals surface area contributed by atoms with Gasteiger partial charge >= 0.3 is 0 Å². The number of rotatable bonds is 5. The Morgan fingerprint density at radius 1 is 1.00 bits per heavy atom. The van der Waals surface area contributed by atoms with Crippen molar-refractivity contribution in [2.45, 2.75) is 41.5 Å². The summed E-state index contributed by atoms with van der Waals surface area (Å²) in [5.41, 5.74) is 1.90. The van der Waals surface area contributed by atoms with E-state index >= 15 is 0 Å². The first-order chi connectivity index (χ1) is 8.79. The summed E-state index contributed by atoms with van der Waals surface area (Å²) in [5, 5.41) is 0. The summed E-state index contributed by atoms with van der Waals surface area (Å²) in [7, 11) is 0. The lowest BCUT2D eigenvalue weighted by atomic mass is 10.1. The Balaban J connectivity index is -0.000000506. The third-order valence-electron chi connectivity index (χ3n) is 1.57. The minimum atomic E-state index is 0.865. The first-order valence-corrected chi connectivity index (χ1v) is 6.57. The molecule has 0 spiro atoms. The molecule has 0 bridgehead atoms. The molecule has 0 aliphatic rings. The van der Waals surface area contributed by atoms with Gasteiger partial charge in [0.15, 0.2) is 0 Å². The molecule has 0 aliphatic heterocycles. The Morgan fingerprint density at radius 2 is 1.56 bits per heavy atom. The summed E-state index contributed by atoms with van der Waals surface area (Å²) in [6.07, 6.45) is 12.9. The molecule has 0 rings (SSSR count). The highest BCUT2D eigenvalue weighted by molar-refractivity contribution is 6.10. The van der Waals surface area contributed by atoms with Gasteiger partial charge < -0.3 is 0 Å². The van der Waals surface area contributed by atoms with E-state index in [1.807, 2.05) is 65.8 Å². The van der Waals surface area contributed by atoms with Crippen LogP contribution in [0.1, 0.15) is 41.5 Å². The first-order valence-electron chi connectivity index (χ1n) is 6.57. The van der Waals surface area contributed by atoms with E-state index in [4.69, 9.17) is 0 Å². The standard InChI is InChI=1S/C13H17N.2C2H6/c1-5-9-10-12(7-3)13(8-4)14-11-6-2;2*1-2/h5-11H,1,4H2,2-3H3;2*1-2H3/b10-9-,11-6-,12-7+,14-13-;;. The van der Waals surface area contributed by atoms with E-state index in [1.54, 1.807) is 18.4 Å². The van der Waals surface area contributed by atoms with Gasteiger partial charge in [0.25, 0.3) is 0 Å². The lowest BCUT2D eigenvalue weighted by Gasteiger charge is -1.99. The van der Waals surface area contributed by atoms with Crippen LogP contribution in [0.4, 0.5) is 0 Å². The highest BCUT2D eigenvalue weighted by Gasteiger charge is 1.95.